The Morgan fingerprint density at radius 2 is 1.85 bits per heavy atom. The van der Waals surface area contributed by atoms with Crippen LogP contribution in [0.5, 0.6) is 0 Å². The predicted octanol–water partition coefficient (Wildman–Crippen LogP) is 3.50. The quantitative estimate of drug-likeness (QED) is 0.576. The molecule has 8 heteroatoms. The molecule has 0 radical (unpaired) electrons. The van der Waals surface area contributed by atoms with Crippen molar-refractivity contribution in [2.75, 3.05) is 4.90 Å². The Balaban J connectivity index is 2.01. The summed E-state index contributed by atoms with van der Waals surface area (Å²) in [5.41, 5.74) is 6.37. The Morgan fingerprint density at radius 3 is 2.41 bits per heavy atom. The molecule has 0 aliphatic carbocycles. The number of benzene rings is 2. The Labute approximate surface area is 167 Å². The highest BCUT2D eigenvalue weighted by Gasteiger charge is 2.40. The molecule has 0 unspecified atom stereocenters. The van der Waals surface area contributed by atoms with E-state index >= 15 is 0 Å². The lowest BCUT2D eigenvalue weighted by Gasteiger charge is -2.18. The molecule has 1 saturated heterocycles. The van der Waals surface area contributed by atoms with Crippen LogP contribution in [0.15, 0.2) is 63.6 Å². The standard InChI is InChI=1S/C19H13BrFN3O2S/c20-12-3-7-14(8-4-12)24-18(26)16(9-11-1-5-13(21)6-2-11)27-19(24)15(10-22)17(23)25/h1-8,16H,9H2,(H2,23,25)/b19-15-/t16-/m1/s1. The van der Waals surface area contributed by atoms with E-state index in [-0.39, 0.29) is 22.3 Å². The number of amides is 2. The summed E-state index contributed by atoms with van der Waals surface area (Å²) in [5.74, 6) is -1.52. The van der Waals surface area contributed by atoms with E-state index < -0.39 is 11.2 Å². The maximum absolute atomic E-state index is 13.1. The molecule has 2 amide bonds. The lowest BCUT2D eigenvalue weighted by atomic mass is 10.1. The molecule has 27 heavy (non-hydrogen) atoms. The number of hydrogen-bond acceptors (Lipinski definition) is 4. The summed E-state index contributed by atoms with van der Waals surface area (Å²) in [5, 5.41) is 9.00. The van der Waals surface area contributed by atoms with Crippen LogP contribution < -0.4 is 10.6 Å². The van der Waals surface area contributed by atoms with Crippen LogP contribution in [0, 0.1) is 17.1 Å². The lowest BCUT2D eigenvalue weighted by molar-refractivity contribution is -0.117. The zero-order valence-corrected chi connectivity index (χ0v) is 16.3. The number of primary amides is 1. The number of carbonyl (C=O) groups excluding carboxylic acids is 2. The molecule has 1 heterocycles. The number of thioether (sulfide) groups is 1. The van der Waals surface area contributed by atoms with Crippen molar-refractivity contribution >= 4 is 45.2 Å². The van der Waals surface area contributed by atoms with Crippen LogP contribution in [0.1, 0.15) is 5.56 Å². The highest BCUT2D eigenvalue weighted by molar-refractivity contribution is 9.10. The van der Waals surface area contributed by atoms with Crippen molar-refractivity contribution in [3.8, 4) is 6.07 Å². The van der Waals surface area contributed by atoms with Gasteiger partial charge in [0.2, 0.25) is 5.91 Å². The third-order valence-electron chi connectivity index (χ3n) is 3.94. The van der Waals surface area contributed by atoms with Crippen LogP contribution in [-0.4, -0.2) is 17.1 Å². The molecule has 3 rings (SSSR count). The third kappa shape index (κ3) is 4.04. The summed E-state index contributed by atoms with van der Waals surface area (Å²) in [6.45, 7) is 0. The molecule has 5 nitrogen and oxygen atoms in total. The van der Waals surface area contributed by atoms with Crippen LogP contribution in [0.3, 0.4) is 0 Å². The summed E-state index contributed by atoms with van der Waals surface area (Å²) in [4.78, 5) is 26.1. The van der Waals surface area contributed by atoms with Crippen LogP contribution in [0.25, 0.3) is 0 Å². The predicted molar refractivity (Wildman–Crippen MR) is 105 cm³/mol. The van der Waals surface area contributed by atoms with E-state index in [0.717, 1.165) is 21.8 Å². The molecule has 2 N–H and O–H groups in total. The van der Waals surface area contributed by atoms with Gasteiger partial charge in [0.05, 0.1) is 5.25 Å². The van der Waals surface area contributed by atoms with Crippen LogP contribution in [-0.2, 0) is 16.0 Å². The normalized spacial score (nSPS) is 18.3. The highest BCUT2D eigenvalue weighted by atomic mass is 79.9. The van der Waals surface area contributed by atoms with Gasteiger partial charge in [-0.05, 0) is 48.4 Å². The SMILES string of the molecule is N#C/C(C(N)=O)=C1/S[C@H](Cc2ccc(F)cc2)C(=O)N1c1ccc(Br)cc1. The highest BCUT2D eigenvalue weighted by Crippen LogP contribution is 2.42. The van der Waals surface area contributed by atoms with Gasteiger partial charge in [-0.1, -0.05) is 39.8 Å². The Kier molecular flexibility index (Phi) is 5.63. The van der Waals surface area contributed by atoms with Gasteiger partial charge in [0, 0.05) is 10.2 Å². The van der Waals surface area contributed by atoms with E-state index in [0.29, 0.717) is 12.1 Å². The Bertz CT molecular complexity index is 968. The molecular weight excluding hydrogens is 433 g/mol. The molecule has 1 aliphatic heterocycles. The average Bonchev–Trinajstić information content (AvgIpc) is 2.94. The zero-order chi connectivity index (χ0) is 19.6. The molecular formula is C19H13BrFN3O2S. The van der Waals surface area contributed by atoms with Crippen molar-refractivity contribution in [3.63, 3.8) is 0 Å². The molecule has 2 aromatic rings. The molecule has 1 atom stereocenters. The van der Waals surface area contributed by atoms with Crippen LogP contribution in [0.4, 0.5) is 10.1 Å². The second kappa shape index (κ2) is 7.94. The molecule has 0 bridgehead atoms. The van der Waals surface area contributed by atoms with Gasteiger partial charge < -0.3 is 5.73 Å². The Morgan fingerprint density at radius 1 is 1.22 bits per heavy atom. The van der Waals surface area contributed by atoms with E-state index in [4.69, 9.17) is 5.73 Å². The fourth-order valence-corrected chi connectivity index (χ4v) is 4.24. The van der Waals surface area contributed by atoms with Crippen molar-refractivity contribution < 1.29 is 14.0 Å². The first-order valence-corrected chi connectivity index (χ1v) is 9.53. The van der Waals surface area contributed by atoms with Crippen molar-refractivity contribution in [3.05, 3.63) is 75.0 Å². The fraction of sp³-hybridized carbons (Fsp3) is 0.105. The number of nitrogens with two attached hydrogens (primary N) is 1. The first-order valence-electron chi connectivity index (χ1n) is 7.85. The molecule has 0 saturated carbocycles. The largest absolute Gasteiger partial charge is 0.365 e. The molecule has 0 spiro atoms. The molecule has 1 aliphatic rings. The number of rotatable bonds is 4. The second-order valence-corrected chi connectivity index (χ2v) is 7.85. The van der Waals surface area contributed by atoms with Crippen molar-refractivity contribution in [1.82, 2.24) is 0 Å². The summed E-state index contributed by atoms with van der Waals surface area (Å²) in [6.07, 6.45) is 0.331. The topological polar surface area (TPSA) is 87.2 Å². The number of nitrogens with zero attached hydrogens (tertiary/aromatic N) is 2. The van der Waals surface area contributed by atoms with Gasteiger partial charge in [-0.2, -0.15) is 5.26 Å². The van der Waals surface area contributed by atoms with Crippen LogP contribution >= 0.6 is 27.7 Å². The monoisotopic (exact) mass is 445 g/mol. The van der Waals surface area contributed by atoms with E-state index in [2.05, 4.69) is 15.9 Å². The van der Waals surface area contributed by atoms with Gasteiger partial charge in [0.1, 0.15) is 22.5 Å². The van der Waals surface area contributed by atoms with Gasteiger partial charge in [-0.3, -0.25) is 14.5 Å². The minimum Gasteiger partial charge on any atom is -0.365 e. The van der Waals surface area contributed by atoms with Gasteiger partial charge in [-0.25, -0.2) is 4.39 Å². The molecule has 0 aromatic heterocycles. The maximum atomic E-state index is 13.1. The summed E-state index contributed by atoms with van der Waals surface area (Å²) in [6, 6.07) is 14.6. The van der Waals surface area contributed by atoms with Crippen molar-refractivity contribution in [1.29, 1.82) is 5.26 Å². The van der Waals surface area contributed by atoms with E-state index in [1.807, 2.05) is 0 Å². The van der Waals surface area contributed by atoms with Gasteiger partial charge in [0.25, 0.3) is 5.91 Å². The van der Waals surface area contributed by atoms with Crippen molar-refractivity contribution in [2.24, 2.45) is 5.73 Å². The number of anilines is 1. The van der Waals surface area contributed by atoms with Gasteiger partial charge in [-0.15, -0.1) is 0 Å². The Hall–Kier alpha value is -2.63. The first-order chi connectivity index (χ1) is 12.9. The minimum atomic E-state index is -0.891. The average molecular weight is 446 g/mol. The third-order valence-corrected chi connectivity index (χ3v) is 5.74. The minimum absolute atomic E-state index is 0.212. The van der Waals surface area contributed by atoms with Gasteiger partial charge >= 0.3 is 0 Å². The molecule has 136 valence electrons. The fourth-order valence-electron chi connectivity index (χ4n) is 2.66. The number of halogens is 2. The van der Waals surface area contributed by atoms with E-state index in [9.17, 15) is 19.2 Å². The van der Waals surface area contributed by atoms with Crippen LogP contribution in [0.2, 0.25) is 0 Å². The lowest BCUT2D eigenvalue weighted by Crippen LogP contribution is -2.31. The zero-order valence-electron chi connectivity index (χ0n) is 13.9. The molecule has 2 aromatic carbocycles. The smallest absolute Gasteiger partial charge is 0.262 e. The number of nitriles is 1. The summed E-state index contributed by atoms with van der Waals surface area (Å²) in [7, 11) is 0. The second-order valence-electron chi connectivity index (χ2n) is 5.74. The summed E-state index contributed by atoms with van der Waals surface area (Å²) < 4.78 is 13.9. The first kappa shape index (κ1) is 19.1. The van der Waals surface area contributed by atoms with Crippen molar-refractivity contribution in [2.45, 2.75) is 11.7 Å². The number of carbonyl (C=O) groups is 2. The molecule has 1 fully saturated rings. The maximum Gasteiger partial charge on any atom is 0.262 e. The van der Waals surface area contributed by atoms with E-state index in [1.54, 1.807) is 42.5 Å². The van der Waals surface area contributed by atoms with E-state index in [1.165, 1.54) is 17.0 Å². The number of hydrogen-bond donors (Lipinski definition) is 1. The van der Waals surface area contributed by atoms with Gasteiger partial charge in [0.15, 0.2) is 0 Å². The summed E-state index contributed by atoms with van der Waals surface area (Å²) >= 11 is 4.45.